The second-order valence-corrected chi connectivity index (χ2v) is 11.5. The summed E-state index contributed by atoms with van der Waals surface area (Å²) in [5, 5.41) is 15.8. The van der Waals surface area contributed by atoms with Gasteiger partial charge in [-0.15, -0.1) is 0 Å². The Hall–Kier alpha value is -2.06. The van der Waals surface area contributed by atoms with Crippen molar-refractivity contribution in [3.05, 3.63) is 35.5 Å². The molecule has 1 aromatic heterocycles. The normalized spacial score (nSPS) is 31.2. The second-order valence-electron chi connectivity index (χ2n) is 11.5. The van der Waals surface area contributed by atoms with Gasteiger partial charge in [0, 0.05) is 30.7 Å². The first-order chi connectivity index (χ1) is 16.9. The van der Waals surface area contributed by atoms with E-state index in [1.807, 2.05) is 12.3 Å². The molecule has 0 radical (unpaired) electrons. The van der Waals surface area contributed by atoms with Crippen LogP contribution in [0, 0.1) is 18.3 Å². The number of pyridine rings is 1. The summed E-state index contributed by atoms with van der Waals surface area (Å²) in [5.74, 6) is 1.33. The lowest BCUT2D eigenvalue weighted by molar-refractivity contribution is -0.118. The third-order valence-electron chi connectivity index (χ3n) is 9.40. The molecule has 2 N–H and O–H groups in total. The Kier molecular flexibility index (Phi) is 5.87. The van der Waals surface area contributed by atoms with E-state index in [0.29, 0.717) is 24.9 Å². The maximum absolute atomic E-state index is 12.9. The summed E-state index contributed by atoms with van der Waals surface area (Å²) in [6, 6.07) is 6.55. The van der Waals surface area contributed by atoms with Crippen LogP contribution in [-0.2, 0) is 14.3 Å². The van der Waals surface area contributed by atoms with E-state index in [1.54, 1.807) is 0 Å². The smallest absolute Gasteiger partial charge is 0.229 e. The van der Waals surface area contributed by atoms with E-state index < -0.39 is 6.10 Å². The van der Waals surface area contributed by atoms with Gasteiger partial charge in [0.1, 0.15) is 5.82 Å². The van der Waals surface area contributed by atoms with E-state index in [9.17, 15) is 9.90 Å². The Morgan fingerprint density at radius 1 is 1.14 bits per heavy atom. The molecule has 35 heavy (non-hydrogen) atoms. The largest absolute Gasteiger partial charge is 0.389 e. The van der Waals surface area contributed by atoms with Crippen molar-refractivity contribution in [1.29, 1.82) is 0 Å². The quantitative estimate of drug-likeness (QED) is 0.697. The zero-order chi connectivity index (χ0) is 24.2. The Labute approximate surface area is 207 Å². The number of anilines is 1. The number of aryl methyl sites for hydroxylation is 1. The van der Waals surface area contributed by atoms with Crippen LogP contribution in [0.3, 0.4) is 0 Å². The van der Waals surface area contributed by atoms with Crippen LogP contribution in [0.2, 0.25) is 0 Å². The number of amides is 1. The monoisotopic (exact) mass is 479 g/mol. The number of aliphatic hydroxyl groups excluding tert-OH is 1. The summed E-state index contributed by atoms with van der Waals surface area (Å²) in [7, 11) is 0. The number of aromatic nitrogens is 1. The van der Waals surface area contributed by atoms with Gasteiger partial charge in [0.25, 0.3) is 0 Å². The number of piperidine rings is 1. The summed E-state index contributed by atoms with van der Waals surface area (Å²) >= 11 is 0. The molecular formula is C28H37N3O4. The van der Waals surface area contributed by atoms with E-state index in [2.05, 4.69) is 41.2 Å². The number of nitrogens with zero attached hydrogens (tertiary/aromatic N) is 2. The third kappa shape index (κ3) is 4.16. The molecule has 1 aliphatic carbocycles. The highest BCUT2D eigenvalue weighted by Crippen LogP contribution is 2.59. The summed E-state index contributed by atoms with van der Waals surface area (Å²) in [6.07, 6.45) is 6.54. The average molecular weight is 480 g/mol. The van der Waals surface area contributed by atoms with Gasteiger partial charge in [-0.25, -0.2) is 4.98 Å². The molecule has 7 heteroatoms. The van der Waals surface area contributed by atoms with Crippen molar-refractivity contribution in [2.75, 3.05) is 44.8 Å². The molecule has 7 nitrogen and oxygen atoms in total. The van der Waals surface area contributed by atoms with Crippen LogP contribution in [0.1, 0.15) is 56.1 Å². The molecule has 188 valence electrons. The Morgan fingerprint density at radius 2 is 1.91 bits per heavy atom. The van der Waals surface area contributed by atoms with Crippen molar-refractivity contribution in [3.63, 3.8) is 0 Å². The average Bonchev–Trinajstić information content (AvgIpc) is 3.44. The minimum Gasteiger partial charge on any atom is -0.389 e. The van der Waals surface area contributed by atoms with Crippen molar-refractivity contribution in [3.8, 4) is 0 Å². The number of carbonyl (C=O) groups excluding carboxylic acids is 1. The lowest BCUT2D eigenvalue weighted by Crippen LogP contribution is -2.56. The van der Waals surface area contributed by atoms with E-state index in [-0.39, 0.29) is 22.8 Å². The molecule has 0 unspecified atom stereocenters. The van der Waals surface area contributed by atoms with Gasteiger partial charge in [-0.3, -0.25) is 9.69 Å². The molecule has 3 aliphatic heterocycles. The molecule has 1 spiro atoms. The highest BCUT2D eigenvalue weighted by molar-refractivity contribution is 5.96. The maximum atomic E-state index is 12.9. The van der Waals surface area contributed by atoms with Gasteiger partial charge >= 0.3 is 0 Å². The summed E-state index contributed by atoms with van der Waals surface area (Å²) in [5.41, 5.74) is 2.57. The van der Waals surface area contributed by atoms with Crippen LogP contribution < -0.4 is 5.32 Å². The first kappa shape index (κ1) is 23.3. The molecule has 1 saturated carbocycles. The minimum absolute atomic E-state index is 0.0910. The number of nitrogens with one attached hydrogen (secondary N) is 1. The molecule has 4 aliphatic rings. The molecule has 6 rings (SSSR count). The predicted molar refractivity (Wildman–Crippen MR) is 134 cm³/mol. The minimum atomic E-state index is -0.417. The predicted octanol–water partition coefficient (Wildman–Crippen LogP) is 3.63. The lowest BCUT2D eigenvalue weighted by atomic mass is 9.83. The molecule has 0 bridgehead atoms. The standard InChI is InChI=1S/C28H37N3O4/c1-18-11-21-15-29-25(30-26(33)23-14-28(23)5-9-34-10-6-28)13-20(21)12-22(18)19-3-7-31(8-4-19)27(2)17-35-16-24(27)32/h11-13,15,19,23-24,32H,3-10,14,16-17H2,1-2H3,(H,29,30,33)/t23-,24-,27+/m1/s1. The van der Waals surface area contributed by atoms with Gasteiger partial charge in [-0.2, -0.15) is 0 Å². The van der Waals surface area contributed by atoms with Crippen molar-refractivity contribution in [1.82, 2.24) is 9.88 Å². The molecule has 4 fully saturated rings. The van der Waals surface area contributed by atoms with Crippen molar-refractivity contribution >= 4 is 22.5 Å². The first-order valence-corrected chi connectivity index (χ1v) is 13.2. The number of hydrogen-bond donors (Lipinski definition) is 2. The Balaban J connectivity index is 1.15. The summed E-state index contributed by atoms with van der Waals surface area (Å²) in [6.45, 7) is 8.82. The third-order valence-corrected chi connectivity index (χ3v) is 9.40. The van der Waals surface area contributed by atoms with Gasteiger partial charge in [0.05, 0.1) is 24.9 Å². The van der Waals surface area contributed by atoms with Gasteiger partial charge in [0.2, 0.25) is 5.91 Å². The van der Waals surface area contributed by atoms with E-state index in [4.69, 9.17) is 9.47 Å². The van der Waals surface area contributed by atoms with Crippen LogP contribution >= 0.6 is 0 Å². The Bertz CT molecular complexity index is 1120. The first-order valence-electron chi connectivity index (χ1n) is 13.2. The number of likely N-dealkylation sites (tertiary alicyclic amines) is 1. The van der Waals surface area contributed by atoms with Crippen LogP contribution in [0.15, 0.2) is 24.4 Å². The summed E-state index contributed by atoms with van der Waals surface area (Å²) in [4.78, 5) is 19.9. The molecule has 1 amide bonds. The number of rotatable bonds is 4. The van der Waals surface area contributed by atoms with Crippen LogP contribution in [-0.4, -0.2) is 72.1 Å². The van der Waals surface area contributed by atoms with E-state index in [0.717, 1.165) is 69.2 Å². The SMILES string of the molecule is Cc1cc2cnc(NC(=O)[C@H]3CC34CCOCC4)cc2cc1C1CCN([C@@]2(C)COC[C@H]2O)CC1. The van der Waals surface area contributed by atoms with Crippen LogP contribution in [0.25, 0.3) is 10.8 Å². The lowest BCUT2D eigenvalue weighted by Gasteiger charge is -2.44. The van der Waals surface area contributed by atoms with Gasteiger partial charge in [-0.1, -0.05) is 6.07 Å². The topological polar surface area (TPSA) is 83.9 Å². The Morgan fingerprint density at radius 3 is 2.63 bits per heavy atom. The highest BCUT2D eigenvalue weighted by atomic mass is 16.5. The maximum Gasteiger partial charge on any atom is 0.229 e. The number of hydrogen-bond acceptors (Lipinski definition) is 6. The number of ether oxygens (including phenoxy) is 2. The van der Waals surface area contributed by atoms with Crippen LogP contribution in [0.5, 0.6) is 0 Å². The fourth-order valence-electron chi connectivity index (χ4n) is 6.75. The number of carbonyl (C=O) groups is 1. The molecular weight excluding hydrogens is 442 g/mol. The molecule has 2 aromatic rings. The molecule has 3 atom stereocenters. The number of aliphatic hydroxyl groups is 1. The number of benzene rings is 1. The zero-order valence-electron chi connectivity index (χ0n) is 20.9. The van der Waals surface area contributed by atoms with Crippen molar-refractivity contribution in [2.24, 2.45) is 11.3 Å². The van der Waals surface area contributed by atoms with E-state index in [1.165, 1.54) is 11.1 Å². The zero-order valence-corrected chi connectivity index (χ0v) is 20.9. The van der Waals surface area contributed by atoms with Crippen molar-refractivity contribution < 1.29 is 19.4 Å². The summed E-state index contributed by atoms with van der Waals surface area (Å²) < 4.78 is 11.0. The van der Waals surface area contributed by atoms with Gasteiger partial charge in [0.15, 0.2) is 0 Å². The van der Waals surface area contributed by atoms with Gasteiger partial charge in [-0.05, 0) is 99.0 Å². The van der Waals surface area contributed by atoms with E-state index >= 15 is 0 Å². The fourth-order valence-corrected chi connectivity index (χ4v) is 6.75. The second kappa shape index (κ2) is 8.80. The number of fused-ring (bicyclic) bond motifs is 1. The highest BCUT2D eigenvalue weighted by Gasteiger charge is 2.58. The van der Waals surface area contributed by atoms with Gasteiger partial charge < -0.3 is 19.9 Å². The molecule has 4 heterocycles. The molecule has 1 aromatic carbocycles. The fraction of sp³-hybridized carbons (Fsp3) is 0.643. The molecule has 3 saturated heterocycles. The van der Waals surface area contributed by atoms with Crippen LogP contribution in [0.4, 0.5) is 5.82 Å². The van der Waals surface area contributed by atoms with Crippen molar-refractivity contribution in [2.45, 2.75) is 63.5 Å².